The number of anilines is 1. The zero-order valence-electron chi connectivity index (χ0n) is 13.8. The molecule has 1 aromatic carbocycles. The van der Waals surface area contributed by atoms with Crippen molar-refractivity contribution >= 4 is 21.6 Å². The first-order chi connectivity index (χ1) is 11.4. The number of nitrogens with one attached hydrogen (secondary N) is 1. The van der Waals surface area contributed by atoms with Crippen LogP contribution < -0.4 is 5.32 Å². The van der Waals surface area contributed by atoms with E-state index in [0.717, 1.165) is 12.8 Å². The molecule has 0 bridgehead atoms. The van der Waals surface area contributed by atoms with Crippen molar-refractivity contribution in [2.75, 3.05) is 18.9 Å². The number of carbonyl (C=O) groups excluding carboxylic acids is 1. The topological polar surface area (TPSA) is 79.4 Å². The number of aromatic nitrogens is 1. The molecule has 0 radical (unpaired) electrons. The van der Waals surface area contributed by atoms with Gasteiger partial charge in [-0.2, -0.15) is 0 Å². The third-order valence-corrected chi connectivity index (χ3v) is 5.46. The van der Waals surface area contributed by atoms with Gasteiger partial charge in [-0.15, -0.1) is 0 Å². The number of pyridine rings is 1. The third-order valence-electron chi connectivity index (χ3n) is 3.59. The molecule has 0 saturated carbocycles. The SMILES string of the molecule is CCCCN(C)S(=O)(=O)c1ccc(NC(=O)c2ccncc2)cc1. The molecule has 0 atom stereocenters. The summed E-state index contributed by atoms with van der Waals surface area (Å²) in [7, 11) is -1.92. The van der Waals surface area contributed by atoms with Crippen LogP contribution in [-0.2, 0) is 10.0 Å². The number of carbonyl (C=O) groups is 1. The van der Waals surface area contributed by atoms with E-state index in [0.29, 0.717) is 17.8 Å². The second-order valence-corrected chi connectivity index (χ2v) is 7.44. The number of sulfonamides is 1. The van der Waals surface area contributed by atoms with Crippen LogP contribution in [0.4, 0.5) is 5.69 Å². The van der Waals surface area contributed by atoms with Gasteiger partial charge in [0.15, 0.2) is 0 Å². The molecule has 0 spiro atoms. The first-order valence-electron chi connectivity index (χ1n) is 7.73. The molecule has 24 heavy (non-hydrogen) atoms. The number of amides is 1. The van der Waals surface area contributed by atoms with Crippen LogP contribution in [0.25, 0.3) is 0 Å². The quantitative estimate of drug-likeness (QED) is 0.835. The minimum absolute atomic E-state index is 0.211. The molecule has 2 aromatic rings. The molecule has 1 heterocycles. The molecular weight excluding hydrogens is 326 g/mol. The maximum Gasteiger partial charge on any atom is 0.255 e. The second-order valence-electron chi connectivity index (χ2n) is 5.39. The van der Waals surface area contributed by atoms with E-state index in [-0.39, 0.29) is 10.8 Å². The summed E-state index contributed by atoms with van der Waals surface area (Å²) in [5.41, 5.74) is 1.02. The highest BCUT2D eigenvalue weighted by molar-refractivity contribution is 7.89. The fourth-order valence-corrected chi connectivity index (χ4v) is 3.31. The Morgan fingerprint density at radius 2 is 1.75 bits per heavy atom. The molecule has 0 aliphatic carbocycles. The van der Waals surface area contributed by atoms with Crippen molar-refractivity contribution in [2.45, 2.75) is 24.7 Å². The Morgan fingerprint density at radius 3 is 2.33 bits per heavy atom. The van der Waals surface area contributed by atoms with E-state index < -0.39 is 10.0 Å². The van der Waals surface area contributed by atoms with E-state index in [9.17, 15) is 13.2 Å². The summed E-state index contributed by atoms with van der Waals surface area (Å²) in [4.78, 5) is 16.1. The molecule has 6 nitrogen and oxygen atoms in total. The predicted octanol–water partition coefficient (Wildman–Crippen LogP) is 2.75. The van der Waals surface area contributed by atoms with Gasteiger partial charge in [0, 0.05) is 37.2 Å². The lowest BCUT2D eigenvalue weighted by Gasteiger charge is -2.17. The molecule has 2 rings (SSSR count). The molecule has 0 aliphatic heterocycles. The minimum atomic E-state index is -3.50. The van der Waals surface area contributed by atoms with Crippen LogP contribution in [0.3, 0.4) is 0 Å². The van der Waals surface area contributed by atoms with E-state index in [1.807, 2.05) is 6.92 Å². The van der Waals surface area contributed by atoms with Gasteiger partial charge in [-0.1, -0.05) is 13.3 Å². The van der Waals surface area contributed by atoms with Crippen molar-refractivity contribution in [1.82, 2.24) is 9.29 Å². The van der Waals surface area contributed by atoms with Gasteiger partial charge in [-0.3, -0.25) is 9.78 Å². The molecule has 1 aromatic heterocycles. The fraction of sp³-hybridized carbons (Fsp3) is 0.294. The van der Waals surface area contributed by atoms with Gasteiger partial charge < -0.3 is 5.32 Å². The summed E-state index contributed by atoms with van der Waals surface area (Å²) >= 11 is 0. The van der Waals surface area contributed by atoms with E-state index >= 15 is 0 Å². The van der Waals surface area contributed by atoms with E-state index in [1.165, 1.54) is 28.8 Å². The lowest BCUT2D eigenvalue weighted by molar-refractivity contribution is 0.102. The van der Waals surface area contributed by atoms with Crippen LogP contribution in [0.15, 0.2) is 53.7 Å². The lowest BCUT2D eigenvalue weighted by Crippen LogP contribution is -2.27. The average molecular weight is 347 g/mol. The molecule has 0 fully saturated rings. The summed E-state index contributed by atoms with van der Waals surface area (Å²) in [6, 6.07) is 9.38. The van der Waals surface area contributed by atoms with Gasteiger partial charge in [0.05, 0.1) is 4.90 Å². The smallest absolute Gasteiger partial charge is 0.255 e. The van der Waals surface area contributed by atoms with Gasteiger partial charge in [0.1, 0.15) is 0 Å². The zero-order chi connectivity index (χ0) is 17.6. The third kappa shape index (κ3) is 4.39. The van der Waals surface area contributed by atoms with Crippen molar-refractivity contribution in [1.29, 1.82) is 0 Å². The molecule has 1 amide bonds. The highest BCUT2D eigenvalue weighted by atomic mass is 32.2. The molecule has 0 unspecified atom stereocenters. The zero-order valence-corrected chi connectivity index (χ0v) is 14.6. The van der Waals surface area contributed by atoms with Crippen LogP contribution in [-0.4, -0.2) is 37.2 Å². The van der Waals surface area contributed by atoms with Gasteiger partial charge in [0.2, 0.25) is 10.0 Å². The molecule has 0 aliphatic rings. The predicted molar refractivity (Wildman–Crippen MR) is 93.4 cm³/mol. The average Bonchev–Trinajstić information content (AvgIpc) is 2.60. The number of unbranched alkanes of at least 4 members (excludes halogenated alkanes) is 1. The standard InChI is InChI=1S/C17H21N3O3S/c1-3-4-13-20(2)24(22,23)16-7-5-15(6-8-16)19-17(21)14-9-11-18-12-10-14/h5-12H,3-4,13H2,1-2H3,(H,19,21). The number of benzene rings is 1. The molecule has 0 saturated heterocycles. The Morgan fingerprint density at radius 1 is 1.12 bits per heavy atom. The van der Waals surface area contributed by atoms with Crippen LogP contribution in [0.2, 0.25) is 0 Å². The first-order valence-corrected chi connectivity index (χ1v) is 9.17. The maximum absolute atomic E-state index is 12.4. The second kappa shape index (κ2) is 8.03. The summed E-state index contributed by atoms with van der Waals surface area (Å²) in [6.45, 7) is 2.50. The normalized spacial score (nSPS) is 11.5. The Kier molecular flexibility index (Phi) is 6.05. The molecular formula is C17H21N3O3S. The van der Waals surface area contributed by atoms with Crippen molar-refractivity contribution in [2.24, 2.45) is 0 Å². The van der Waals surface area contributed by atoms with Gasteiger partial charge in [0.25, 0.3) is 5.91 Å². The van der Waals surface area contributed by atoms with Crippen molar-refractivity contribution in [3.63, 3.8) is 0 Å². The van der Waals surface area contributed by atoms with Crippen LogP contribution in [0, 0.1) is 0 Å². The largest absolute Gasteiger partial charge is 0.322 e. The Bertz CT molecular complexity index is 774. The monoisotopic (exact) mass is 347 g/mol. The van der Waals surface area contributed by atoms with E-state index in [1.54, 1.807) is 31.3 Å². The minimum Gasteiger partial charge on any atom is -0.322 e. The number of nitrogens with zero attached hydrogens (tertiary/aromatic N) is 2. The van der Waals surface area contributed by atoms with Crippen molar-refractivity contribution in [3.05, 3.63) is 54.4 Å². The Labute approximate surface area is 142 Å². The summed E-state index contributed by atoms with van der Waals surface area (Å²) < 4.78 is 26.2. The van der Waals surface area contributed by atoms with Crippen molar-refractivity contribution < 1.29 is 13.2 Å². The first kappa shape index (κ1) is 18.1. The highest BCUT2D eigenvalue weighted by Gasteiger charge is 2.20. The number of hydrogen-bond donors (Lipinski definition) is 1. The van der Waals surface area contributed by atoms with E-state index in [2.05, 4.69) is 10.3 Å². The molecule has 1 N–H and O–H groups in total. The lowest BCUT2D eigenvalue weighted by atomic mass is 10.2. The fourth-order valence-electron chi connectivity index (χ4n) is 2.10. The highest BCUT2D eigenvalue weighted by Crippen LogP contribution is 2.18. The van der Waals surface area contributed by atoms with Gasteiger partial charge in [-0.25, -0.2) is 12.7 Å². The Balaban J connectivity index is 2.09. The summed E-state index contributed by atoms with van der Waals surface area (Å²) in [5, 5.41) is 2.73. The van der Waals surface area contributed by atoms with Gasteiger partial charge in [-0.05, 0) is 42.8 Å². The summed E-state index contributed by atoms with van der Waals surface area (Å²) in [5.74, 6) is -0.270. The van der Waals surface area contributed by atoms with Crippen LogP contribution >= 0.6 is 0 Å². The molecule has 128 valence electrons. The summed E-state index contributed by atoms with van der Waals surface area (Å²) in [6.07, 6.45) is 4.82. The number of hydrogen-bond acceptors (Lipinski definition) is 4. The van der Waals surface area contributed by atoms with Crippen molar-refractivity contribution in [3.8, 4) is 0 Å². The Hall–Kier alpha value is -2.25. The van der Waals surface area contributed by atoms with E-state index in [4.69, 9.17) is 0 Å². The van der Waals surface area contributed by atoms with Crippen LogP contribution in [0.1, 0.15) is 30.1 Å². The number of rotatable bonds is 7. The molecule has 7 heteroatoms. The maximum atomic E-state index is 12.4. The van der Waals surface area contributed by atoms with Gasteiger partial charge >= 0.3 is 0 Å². The van der Waals surface area contributed by atoms with Crippen LogP contribution in [0.5, 0.6) is 0 Å².